The van der Waals surface area contributed by atoms with Crippen LogP contribution < -0.4 is 5.32 Å². The molecule has 0 saturated carbocycles. The zero-order valence-electron chi connectivity index (χ0n) is 17.3. The van der Waals surface area contributed by atoms with E-state index in [9.17, 15) is 0 Å². The van der Waals surface area contributed by atoms with E-state index in [-0.39, 0.29) is 17.0 Å². The molecule has 1 aromatic rings. The summed E-state index contributed by atoms with van der Waals surface area (Å²) in [6.07, 6.45) is 21.3. The van der Waals surface area contributed by atoms with Gasteiger partial charge < -0.3 is 5.32 Å². The van der Waals surface area contributed by atoms with Crippen molar-refractivity contribution in [3.05, 3.63) is 35.9 Å². The van der Waals surface area contributed by atoms with Gasteiger partial charge in [-0.05, 0) is 31.5 Å². The average Bonchev–Trinajstić information content (AvgIpc) is 2.65. The van der Waals surface area contributed by atoms with Crippen LogP contribution in [-0.4, -0.2) is 13.1 Å². The Morgan fingerprint density at radius 1 is 0.577 bits per heavy atom. The van der Waals surface area contributed by atoms with Gasteiger partial charge in [-0.25, -0.2) is 0 Å². The molecule has 0 saturated heterocycles. The van der Waals surface area contributed by atoms with Crippen LogP contribution in [0.4, 0.5) is 0 Å². The van der Waals surface area contributed by atoms with E-state index < -0.39 is 0 Å². The predicted molar refractivity (Wildman–Crippen MR) is 124 cm³/mol. The van der Waals surface area contributed by atoms with E-state index in [1.54, 1.807) is 0 Å². The normalized spacial score (nSPS) is 10.7. The van der Waals surface area contributed by atoms with Crippen LogP contribution in [0.3, 0.4) is 0 Å². The SMILES string of the molecule is Br.CCCCCCCCCCCCCCCCNCCc1ccccc1. The van der Waals surface area contributed by atoms with Gasteiger partial charge in [0.1, 0.15) is 0 Å². The number of hydrogen-bond acceptors (Lipinski definition) is 1. The maximum Gasteiger partial charge on any atom is -0.000835 e. The minimum absolute atomic E-state index is 0. The van der Waals surface area contributed by atoms with Crippen LogP contribution in [0.2, 0.25) is 0 Å². The fourth-order valence-electron chi connectivity index (χ4n) is 3.45. The highest BCUT2D eigenvalue weighted by Crippen LogP contribution is 2.12. The molecular weight excluding hydrogens is 382 g/mol. The van der Waals surface area contributed by atoms with Gasteiger partial charge in [-0.3, -0.25) is 0 Å². The lowest BCUT2D eigenvalue weighted by atomic mass is 10.0. The van der Waals surface area contributed by atoms with Gasteiger partial charge in [0.25, 0.3) is 0 Å². The zero-order chi connectivity index (χ0) is 17.8. The Kier molecular flexibility index (Phi) is 20.7. The first-order valence-electron chi connectivity index (χ1n) is 11.2. The van der Waals surface area contributed by atoms with E-state index in [4.69, 9.17) is 0 Å². The largest absolute Gasteiger partial charge is 0.316 e. The molecule has 0 amide bonds. The van der Waals surface area contributed by atoms with E-state index >= 15 is 0 Å². The fraction of sp³-hybridized carbons (Fsp3) is 0.750. The summed E-state index contributed by atoms with van der Waals surface area (Å²) in [5.74, 6) is 0. The summed E-state index contributed by atoms with van der Waals surface area (Å²) >= 11 is 0. The van der Waals surface area contributed by atoms with Gasteiger partial charge in [0.2, 0.25) is 0 Å². The Morgan fingerprint density at radius 2 is 1.04 bits per heavy atom. The van der Waals surface area contributed by atoms with E-state index in [1.807, 2.05) is 0 Å². The van der Waals surface area contributed by atoms with Crippen LogP contribution >= 0.6 is 17.0 Å². The summed E-state index contributed by atoms with van der Waals surface area (Å²) < 4.78 is 0. The lowest BCUT2D eigenvalue weighted by molar-refractivity contribution is 0.530. The highest BCUT2D eigenvalue weighted by atomic mass is 79.9. The van der Waals surface area contributed by atoms with Crippen LogP contribution in [0, 0.1) is 0 Å². The van der Waals surface area contributed by atoms with E-state index in [0.29, 0.717) is 0 Å². The average molecular weight is 427 g/mol. The maximum absolute atomic E-state index is 3.58. The summed E-state index contributed by atoms with van der Waals surface area (Å²) in [6, 6.07) is 10.8. The monoisotopic (exact) mass is 425 g/mol. The Hall–Kier alpha value is -0.340. The zero-order valence-corrected chi connectivity index (χ0v) is 19.0. The minimum Gasteiger partial charge on any atom is -0.316 e. The van der Waals surface area contributed by atoms with Crippen LogP contribution in [-0.2, 0) is 6.42 Å². The molecule has 1 N–H and O–H groups in total. The van der Waals surface area contributed by atoms with Crippen LogP contribution in [0.5, 0.6) is 0 Å². The first kappa shape index (κ1) is 25.7. The number of unbranched alkanes of at least 4 members (excludes halogenated alkanes) is 13. The Bertz CT molecular complexity index is 366. The van der Waals surface area contributed by atoms with Crippen molar-refractivity contribution in [2.75, 3.05) is 13.1 Å². The van der Waals surface area contributed by atoms with Crippen molar-refractivity contribution in [3.8, 4) is 0 Å². The number of benzene rings is 1. The molecule has 0 aliphatic rings. The van der Waals surface area contributed by atoms with Crippen molar-refractivity contribution in [3.63, 3.8) is 0 Å². The van der Waals surface area contributed by atoms with Crippen LogP contribution in [0.1, 0.15) is 102 Å². The number of nitrogens with one attached hydrogen (secondary N) is 1. The molecule has 1 rings (SSSR count). The topological polar surface area (TPSA) is 12.0 Å². The van der Waals surface area contributed by atoms with Crippen molar-refractivity contribution in [1.29, 1.82) is 0 Å². The van der Waals surface area contributed by atoms with Crippen molar-refractivity contribution in [1.82, 2.24) is 5.32 Å². The Balaban J connectivity index is 0.00000625. The molecule has 0 aromatic heterocycles. The molecule has 0 spiro atoms. The molecule has 0 heterocycles. The summed E-state index contributed by atoms with van der Waals surface area (Å²) in [7, 11) is 0. The third-order valence-corrected chi connectivity index (χ3v) is 5.14. The first-order chi connectivity index (χ1) is 12.4. The van der Waals surface area contributed by atoms with Gasteiger partial charge in [-0.2, -0.15) is 0 Å². The molecule has 0 bridgehead atoms. The molecule has 0 atom stereocenters. The van der Waals surface area contributed by atoms with Crippen LogP contribution in [0.25, 0.3) is 0 Å². The maximum atomic E-state index is 3.58. The minimum atomic E-state index is 0. The van der Waals surface area contributed by atoms with Crippen molar-refractivity contribution >= 4 is 17.0 Å². The molecule has 1 aromatic carbocycles. The van der Waals surface area contributed by atoms with Crippen molar-refractivity contribution < 1.29 is 0 Å². The lowest BCUT2D eigenvalue weighted by Crippen LogP contribution is -2.18. The van der Waals surface area contributed by atoms with E-state index in [1.165, 1.54) is 102 Å². The summed E-state index contributed by atoms with van der Waals surface area (Å²) in [5, 5.41) is 3.58. The molecule has 0 aliphatic carbocycles. The molecule has 0 aliphatic heterocycles. The third kappa shape index (κ3) is 17.1. The Morgan fingerprint density at radius 3 is 1.54 bits per heavy atom. The van der Waals surface area contributed by atoms with Gasteiger partial charge in [0.15, 0.2) is 0 Å². The number of halogens is 1. The summed E-state index contributed by atoms with van der Waals surface area (Å²) in [6.45, 7) is 4.59. The quantitative estimate of drug-likeness (QED) is 0.235. The summed E-state index contributed by atoms with van der Waals surface area (Å²) in [5.41, 5.74) is 1.44. The molecule has 1 nitrogen and oxygen atoms in total. The number of rotatable bonds is 18. The third-order valence-electron chi connectivity index (χ3n) is 5.14. The van der Waals surface area contributed by atoms with Gasteiger partial charge in [-0.15, -0.1) is 17.0 Å². The standard InChI is InChI=1S/C24H43N.BrH/c1-2-3-4-5-6-7-8-9-10-11-12-13-14-18-22-25-23-21-24-19-16-15-17-20-24;/h15-17,19-20,25H,2-14,18,21-23H2,1H3;1H. The van der Waals surface area contributed by atoms with E-state index in [2.05, 4.69) is 42.6 Å². The van der Waals surface area contributed by atoms with Gasteiger partial charge in [0, 0.05) is 0 Å². The van der Waals surface area contributed by atoms with Gasteiger partial charge >= 0.3 is 0 Å². The Labute approximate surface area is 174 Å². The molecule has 0 radical (unpaired) electrons. The molecule has 152 valence electrons. The molecular formula is C24H44BrN. The van der Waals surface area contributed by atoms with Crippen molar-refractivity contribution in [2.45, 2.75) is 103 Å². The summed E-state index contributed by atoms with van der Waals surface area (Å²) in [4.78, 5) is 0. The first-order valence-corrected chi connectivity index (χ1v) is 11.2. The smallest absolute Gasteiger partial charge is 0.000835 e. The highest BCUT2D eigenvalue weighted by molar-refractivity contribution is 8.93. The van der Waals surface area contributed by atoms with Gasteiger partial charge in [-0.1, -0.05) is 121 Å². The predicted octanol–water partition coefficient (Wildman–Crippen LogP) is 7.88. The van der Waals surface area contributed by atoms with Gasteiger partial charge in [0.05, 0.1) is 0 Å². The van der Waals surface area contributed by atoms with Crippen LogP contribution in [0.15, 0.2) is 30.3 Å². The molecule has 2 heteroatoms. The number of hydrogen-bond donors (Lipinski definition) is 1. The second kappa shape index (κ2) is 21.0. The highest BCUT2D eigenvalue weighted by Gasteiger charge is 1.95. The second-order valence-electron chi connectivity index (χ2n) is 7.58. The fourth-order valence-corrected chi connectivity index (χ4v) is 3.45. The molecule has 0 unspecified atom stereocenters. The van der Waals surface area contributed by atoms with Crippen molar-refractivity contribution in [2.24, 2.45) is 0 Å². The second-order valence-corrected chi connectivity index (χ2v) is 7.58. The lowest BCUT2D eigenvalue weighted by Gasteiger charge is -2.05. The molecule has 26 heavy (non-hydrogen) atoms. The molecule has 0 fully saturated rings. The van der Waals surface area contributed by atoms with E-state index in [0.717, 1.165) is 13.0 Å².